The van der Waals surface area contributed by atoms with E-state index in [1.54, 1.807) is 6.07 Å². The van der Waals surface area contributed by atoms with Crippen LogP contribution in [0, 0.1) is 11.2 Å². The molecule has 0 heterocycles. The number of benzene rings is 1. The van der Waals surface area contributed by atoms with E-state index in [1.807, 2.05) is 0 Å². The number of rotatable bonds is 5. The van der Waals surface area contributed by atoms with E-state index in [1.165, 1.54) is 23.9 Å². The van der Waals surface area contributed by atoms with E-state index in [-0.39, 0.29) is 18.3 Å². The summed E-state index contributed by atoms with van der Waals surface area (Å²) in [6.07, 6.45) is 0. The van der Waals surface area contributed by atoms with Gasteiger partial charge >= 0.3 is 0 Å². The number of thioether (sulfide) groups is 1. The van der Waals surface area contributed by atoms with Gasteiger partial charge in [0.15, 0.2) is 0 Å². The van der Waals surface area contributed by atoms with Crippen molar-refractivity contribution in [2.45, 2.75) is 5.75 Å². The van der Waals surface area contributed by atoms with E-state index in [0.717, 1.165) is 5.56 Å². The van der Waals surface area contributed by atoms with Crippen LogP contribution in [0.25, 0.3) is 0 Å². The smallest absolute Gasteiger partial charge is 0.124 e. The summed E-state index contributed by atoms with van der Waals surface area (Å²) in [5.41, 5.74) is 6.45. The normalized spacial score (nSPS) is 10.3. The van der Waals surface area contributed by atoms with Crippen LogP contribution in [0.3, 0.4) is 0 Å². The van der Waals surface area contributed by atoms with Crippen LogP contribution < -0.4 is 5.73 Å². The summed E-state index contributed by atoms with van der Waals surface area (Å²) in [7, 11) is 0. The molecule has 0 spiro atoms. The van der Waals surface area contributed by atoms with Crippen LogP contribution in [-0.2, 0) is 5.75 Å². The number of nitrogens with one attached hydrogen (secondary N) is 1. The van der Waals surface area contributed by atoms with Crippen LogP contribution >= 0.6 is 11.8 Å². The molecular formula is C10H13FN2OS. The Balaban J connectivity index is 2.75. The highest BCUT2D eigenvalue weighted by Gasteiger charge is 2.03. The number of amidine groups is 1. The van der Waals surface area contributed by atoms with Gasteiger partial charge < -0.3 is 10.8 Å². The van der Waals surface area contributed by atoms with Gasteiger partial charge in [0.2, 0.25) is 0 Å². The number of hydrogen-bond acceptors (Lipinski definition) is 3. The molecule has 0 saturated carbocycles. The van der Waals surface area contributed by atoms with E-state index < -0.39 is 0 Å². The zero-order chi connectivity index (χ0) is 11.3. The fraction of sp³-hybridized carbons (Fsp3) is 0.300. The summed E-state index contributed by atoms with van der Waals surface area (Å²) in [5, 5.41) is 15.8. The molecule has 1 rings (SSSR count). The number of halogens is 1. The lowest BCUT2D eigenvalue weighted by atomic mass is 10.1. The quantitative estimate of drug-likeness (QED) is 0.404. The minimum Gasteiger partial charge on any atom is -0.396 e. The molecule has 0 saturated heterocycles. The van der Waals surface area contributed by atoms with Crippen molar-refractivity contribution in [1.29, 1.82) is 5.41 Å². The minimum absolute atomic E-state index is 0.111. The summed E-state index contributed by atoms with van der Waals surface area (Å²) in [5.74, 6) is 0.704. The van der Waals surface area contributed by atoms with Crippen molar-refractivity contribution in [3.8, 4) is 0 Å². The zero-order valence-electron chi connectivity index (χ0n) is 8.16. The molecule has 0 bridgehead atoms. The summed E-state index contributed by atoms with van der Waals surface area (Å²) in [4.78, 5) is 0. The fourth-order valence-electron chi connectivity index (χ4n) is 1.14. The molecule has 0 unspecified atom stereocenters. The van der Waals surface area contributed by atoms with Crippen molar-refractivity contribution in [2.75, 3.05) is 12.4 Å². The number of hydrogen-bond donors (Lipinski definition) is 3. The van der Waals surface area contributed by atoms with Gasteiger partial charge in [-0.3, -0.25) is 5.41 Å². The lowest BCUT2D eigenvalue weighted by molar-refractivity contribution is 0.322. The predicted octanol–water partition coefficient (Wildman–Crippen LogP) is 1.34. The minimum atomic E-state index is -0.387. The molecule has 5 heteroatoms. The Morgan fingerprint density at radius 1 is 1.47 bits per heavy atom. The summed E-state index contributed by atoms with van der Waals surface area (Å²) in [6.45, 7) is 0.111. The highest BCUT2D eigenvalue weighted by atomic mass is 32.2. The van der Waals surface area contributed by atoms with Gasteiger partial charge in [-0.15, -0.1) is 0 Å². The maximum absolute atomic E-state index is 13.1. The van der Waals surface area contributed by atoms with Crippen molar-refractivity contribution >= 4 is 17.6 Å². The second kappa shape index (κ2) is 5.72. The van der Waals surface area contributed by atoms with Crippen LogP contribution in [0.1, 0.15) is 11.1 Å². The van der Waals surface area contributed by atoms with Gasteiger partial charge in [0.05, 0.1) is 6.61 Å². The molecule has 82 valence electrons. The summed E-state index contributed by atoms with van der Waals surface area (Å²) >= 11 is 1.51. The Labute approximate surface area is 92.0 Å². The zero-order valence-corrected chi connectivity index (χ0v) is 8.98. The van der Waals surface area contributed by atoms with Crippen molar-refractivity contribution in [1.82, 2.24) is 0 Å². The Bertz CT molecular complexity index is 357. The van der Waals surface area contributed by atoms with Crippen LogP contribution in [0.5, 0.6) is 0 Å². The SMILES string of the molecule is N=C(N)c1cc(F)cc(CSCCO)c1. The molecule has 0 aliphatic heterocycles. The third-order valence-corrected chi connectivity index (χ3v) is 2.78. The van der Waals surface area contributed by atoms with E-state index >= 15 is 0 Å². The maximum atomic E-state index is 13.1. The molecule has 1 aromatic carbocycles. The Morgan fingerprint density at radius 3 is 2.80 bits per heavy atom. The van der Waals surface area contributed by atoms with Crippen LogP contribution in [0.4, 0.5) is 4.39 Å². The first kappa shape index (κ1) is 12.0. The van der Waals surface area contributed by atoms with E-state index in [2.05, 4.69) is 0 Å². The summed E-state index contributed by atoms with van der Waals surface area (Å²) < 4.78 is 13.1. The van der Waals surface area contributed by atoms with Gasteiger partial charge in [-0.25, -0.2) is 4.39 Å². The van der Waals surface area contributed by atoms with Gasteiger partial charge in [0.1, 0.15) is 11.7 Å². The Kier molecular flexibility index (Phi) is 4.58. The first-order chi connectivity index (χ1) is 7.13. The van der Waals surface area contributed by atoms with Crippen LogP contribution in [-0.4, -0.2) is 23.3 Å². The number of aliphatic hydroxyl groups excluding tert-OH is 1. The number of nitrogen functional groups attached to an aromatic ring is 1. The van der Waals surface area contributed by atoms with E-state index in [0.29, 0.717) is 17.1 Å². The molecule has 1 aromatic rings. The maximum Gasteiger partial charge on any atom is 0.124 e. The van der Waals surface area contributed by atoms with Crippen molar-refractivity contribution in [3.63, 3.8) is 0 Å². The molecule has 0 aliphatic carbocycles. The largest absolute Gasteiger partial charge is 0.396 e. The monoisotopic (exact) mass is 228 g/mol. The van der Waals surface area contributed by atoms with Gasteiger partial charge in [-0.05, 0) is 23.8 Å². The third kappa shape index (κ3) is 3.89. The summed E-state index contributed by atoms with van der Waals surface area (Å²) in [6, 6.07) is 4.34. The molecular weight excluding hydrogens is 215 g/mol. The Hall–Kier alpha value is -1.07. The van der Waals surface area contributed by atoms with Crippen LogP contribution in [0.15, 0.2) is 18.2 Å². The third-order valence-electron chi connectivity index (χ3n) is 1.77. The molecule has 3 nitrogen and oxygen atoms in total. The van der Waals surface area contributed by atoms with Crippen LogP contribution in [0.2, 0.25) is 0 Å². The second-order valence-electron chi connectivity index (χ2n) is 3.04. The highest BCUT2D eigenvalue weighted by Crippen LogP contribution is 2.15. The van der Waals surface area contributed by atoms with Gasteiger partial charge in [0, 0.05) is 17.1 Å². The van der Waals surface area contributed by atoms with Gasteiger partial charge in [0.25, 0.3) is 0 Å². The van der Waals surface area contributed by atoms with E-state index in [9.17, 15) is 4.39 Å². The van der Waals surface area contributed by atoms with Crippen molar-refractivity contribution in [3.05, 3.63) is 35.1 Å². The molecule has 0 radical (unpaired) electrons. The average Bonchev–Trinajstić information content (AvgIpc) is 2.17. The topological polar surface area (TPSA) is 70.1 Å². The fourth-order valence-corrected chi connectivity index (χ4v) is 1.82. The molecule has 15 heavy (non-hydrogen) atoms. The molecule has 0 atom stereocenters. The Morgan fingerprint density at radius 2 is 2.20 bits per heavy atom. The highest BCUT2D eigenvalue weighted by molar-refractivity contribution is 7.98. The molecule has 4 N–H and O–H groups in total. The van der Waals surface area contributed by atoms with Gasteiger partial charge in [-0.2, -0.15) is 11.8 Å². The van der Waals surface area contributed by atoms with E-state index in [4.69, 9.17) is 16.2 Å². The number of nitrogens with two attached hydrogens (primary N) is 1. The lowest BCUT2D eigenvalue weighted by Gasteiger charge is -2.04. The van der Waals surface area contributed by atoms with Crippen molar-refractivity contribution < 1.29 is 9.50 Å². The average molecular weight is 228 g/mol. The lowest BCUT2D eigenvalue weighted by Crippen LogP contribution is -2.11. The van der Waals surface area contributed by atoms with Gasteiger partial charge in [-0.1, -0.05) is 0 Å². The van der Waals surface area contributed by atoms with Crippen molar-refractivity contribution in [2.24, 2.45) is 5.73 Å². The number of aliphatic hydroxyl groups is 1. The first-order valence-corrected chi connectivity index (χ1v) is 5.61. The molecule has 0 aliphatic rings. The predicted molar refractivity (Wildman–Crippen MR) is 60.7 cm³/mol. The molecule has 0 fully saturated rings. The standard InChI is InChI=1S/C10H13FN2OS/c11-9-4-7(6-15-2-1-14)3-8(5-9)10(12)13/h3-5,14H,1-2,6H2,(H3,12,13). The molecule has 0 amide bonds. The second-order valence-corrected chi connectivity index (χ2v) is 4.14. The molecule has 0 aromatic heterocycles. The first-order valence-electron chi connectivity index (χ1n) is 4.46.